The van der Waals surface area contributed by atoms with Crippen LogP contribution >= 0.6 is 23.1 Å². The van der Waals surface area contributed by atoms with Crippen molar-refractivity contribution in [3.05, 3.63) is 94.5 Å². The predicted octanol–water partition coefficient (Wildman–Crippen LogP) is 4.97. The largest absolute Gasteiger partial charge is 0.493 e. The van der Waals surface area contributed by atoms with Crippen molar-refractivity contribution in [2.45, 2.75) is 18.2 Å². The van der Waals surface area contributed by atoms with E-state index in [1.54, 1.807) is 49.2 Å². The van der Waals surface area contributed by atoms with E-state index in [2.05, 4.69) is 57.2 Å². The molecule has 2 N–H and O–H groups in total. The van der Waals surface area contributed by atoms with Crippen LogP contribution in [0.2, 0.25) is 0 Å². The third-order valence-electron chi connectivity index (χ3n) is 5.26. The van der Waals surface area contributed by atoms with Crippen LogP contribution in [0.4, 0.5) is 5.13 Å². The normalized spacial score (nSPS) is 10.8. The number of rotatable bonds is 12. The number of anilines is 1. The highest BCUT2D eigenvalue weighted by molar-refractivity contribution is 7.99. The van der Waals surface area contributed by atoms with Crippen LogP contribution in [0.3, 0.4) is 0 Å². The molecule has 39 heavy (non-hydrogen) atoms. The number of hydrogen-bond donors (Lipinski definition) is 2. The minimum atomic E-state index is -0.360. The second-order valence-electron chi connectivity index (χ2n) is 8.21. The molecule has 0 radical (unpaired) electrons. The molecule has 0 spiro atoms. The van der Waals surface area contributed by atoms with Crippen molar-refractivity contribution in [3.63, 3.8) is 0 Å². The van der Waals surface area contributed by atoms with Gasteiger partial charge in [0.05, 0.1) is 26.4 Å². The van der Waals surface area contributed by atoms with E-state index in [0.29, 0.717) is 33.8 Å². The van der Waals surface area contributed by atoms with E-state index in [-0.39, 0.29) is 18.2 Å². The fraction of sp³-hybridized carbons (Fsp3) is 0.179. The molecule has 0 unspecified atom stereocenters. The number of carbonyl (C=O) groups is 2. The first-order valence-corrected chi connectivity index (χ1v) is 13.8. The maximum Gasteiger partial charge on any atom is 0.257 e. The van der Waals surface area contributed by atoms with Gasteiger partial charge in [-0.3, -0.25) is 14.9 Å². The van der Waals surface area contributed by atoms with Gasteiger partial charge >= 0.3 is 0 Å². The van der Waals surface area contributed by atoms with E-state index in [1.807, 2.05) is 18.2 Å². The van der Waals surface area contributed by atoms with E-state index >= 15 is 0 Å². The Balaban J connectivity index is 1.22. The number of aromatic nitrogens is 2. The first-order valence-electron chi connectivity index (χ1n) is 12.0. The van der Waals surface area contributed by atoms with Crippen LogP contribution in [-0.2, 0) is 11.2 Å². The number of carbonyl (C=O) groups excluding carboxylic acids is 2. The zero-order chi connectivity index (χ0) is 27.5. The highest BCUT2D eigenvalue weighted by atomic mass is 32.2. The number of nitrogens with zero attached hydrogens (tertiary/aromatic N) is 3. The molecule has 1 heterocycles. The molecule has 0 aliphatic carbocycles. The summed E-state index contributed by atoms with van der Waals surface area (Å²) in [5.41, 5.74) is 4.95. The van der Waals surface area contributed by atoms with Gasteiger partial charge in [0.1, 0.15) is 5.01 Å². The second-order valence-corrected chi connectivity index (χ2v) is 10.4. The van der Waals surface area contributed by atoms with Crippen molar-refractivity contribution >= 4 is 46.3 Å². The smallest absolute Gasteiger partial charge is 0.257 e. The number of hydrazone groups is 1. The number of hydrogen-bond acceptors (Lipinski definition) is 9. The number of amides is 2. The van der Waals surface area contributed by atoms with E-state index in [0.717, 1.165) is 22.7 Å². The van der Waals surface area contributed by atoms with Crippen LogP contribution in [0.5, 0.6) is 11.5 Å². The molecule has 4 rings (SSSR count). The molecule has 0 saturated heterocycles. The number of nitrogens with one attached hydrogen (secondary N) is 2. The highest BCUT2D eigenvalue weighted by Gasteiger charge is 2.12. The molecule has 0 saturated carbocycles. The quantitative estimate of drug-likeness (QED) is 0.109. The Morgan fingerprint density at radius 2 is 1.82 bits per heavy atom. The molecule has 0 bridgehead atoms. The fourth-order valence-corrected chi connectivity index (χ4v) is 4.78. The average Bonchev–Trinajstić information content (AvgIpc) is 3.39. The number of benzene rings is 3. The zero-order valence-electron chi connectivity index (χ0n) is 21.4. The molecular weight excluding hydrogens is 534 g/mol. The minimum Gasteiger partial charge on any atom is -0.493 e. The Kier molecular flexibility index (Phi) is 10.0. The van der Waals surface area contributed by atoms with Crippen molar-refractivity contribution in [2.24, 2.45) is 5.10 Å². The molecular formula is C28H27N5O4S2. The Hall–Kier alpha value is -4.22. The maximum atomic E-state index is 12.3. The number of aryl methyl sites for hydroxylation is 1. The lowest BCUT2D eigenvalue weighted by Gasteiger charge is -2.11. The van der Waals surface area contributed by atoms with Crippen LogP contribution < -0.4 is 20.2 Å². The van der Waals surface area contributed by atoms with E-state index in [1.165, 1.54) is 16.7 Å². The van der Waals surface area contributed by atoms with Crippen LogP contribution in [-0.4, -0.2) is 47.7 Å². The summed E-state index contributed by atoms with van der Waals surface area (Å²) in [6.45, 7) is 2.60. The zero-order valence-corrected chi connectivity index (χ0v) is 23.1. The molecule has 0 atom stereocenters. The number of thioether (sulfide) groups is 1. The van der Waals surface area contributed by atoms with Crippen molar-refractivity contribution < 1.29 is 19.1 Å². The standard InChI is InChI=1S/C28H27N5O4S2/c1-19-8-11-22(12-9-19)38-15-14-37-23-13-10-20(16-24(23)36-2)18-29-31-25(34)17-26-32-33-28(39-26)30-27(35)21-6-4-3-5-7-21/h3-13,16,18H,14-15,17H2,1-2H3,(H,31,34)(H,30,33,35). The van der Waals surface area contributed by atoms with Gasteiger partial charge in [-0.05, 0) is 55.0 Å². The van der Waals surface area contributed by atoms with Crippen LogP contribution in [0.15, 0.2) is 82.8 Å². The third-order valence-corrected chi connectivity index (χ3v) is 7.07. The summed E-state index contributed by atoms with van der Waals surface area (Å²) in [5.74, 6) is 1.36. The lowest BCUT2D eigenvalue weighted by molar-refractivity contribution is -0.120. The van der Waals surface area contributed by atoms with Gasteiger partial charge in [-0.25, -0.2) is 5.43 Å². The summed E-state index contributed by atoms with van der Waals surface area (Å²) in [6, 6.07) is 22.6. The van der Waals surface area contributed by atoms with Crippen LogP contribution in [0.25, 0.3) is 0 Å². The van der Waals surface area contributed by atoms with Gasteiger partial charge in [-0.15, -0.1) is 22.0 Å². The summed E-state index contributed by atoms with van der Waals surface area (Å²) < 4.78 is 11.3. The van der Waals surface area contributed by atoms with Crippen LogP contribution in [0.1, 0.15) is 26.5 Å². The first kappa shape index (κ1) is 27.8. The monoisotopic (exact) mass is 561 g/mol. The van der Waals surface area contributed by atoms with Gasteiger partial charge in [0.25, 0.3) is 5.91 Å². The summed E-state index contributed by atoms with van der Waals surface area (Å²) in [7, 11) is 1.57. The van der Waals surface area contributed by atoms with Gasteiger partial charge in [-0.1, -0.05) is 47.2 Å². The highest BCUT2D eigenvalue weighted by Crippen LogP contribution is 2.28. The van der Waals surface area contributed by atoms with Crippen LogP contribution in [0, 0.1) is 6.92 Å². The molecule has 0 aliphatic rings. The van der Waals surface area contributed by atoms with Crippen molar-refractivity contribution in [1.82, 2.24) is 15.6 Å². The molecule has 11 heteroatoms. The predicted molar refractivity (Wildman–Crippen MR) is 154 cm³/mol. The van der Waals surface area contributed by atoms with E-state index in [9.17, 15) is 9.59 Å². The Morgan fingerprint density at radius 1 is 1.03 bits per heavy atom. The van der Waals surface area contributed by atoms with E-state index in [4.69, 9.17) is 9.47 Å². The average molecular weight is 562 g/mol. The third kappa shape index (κ3) is 8.66. The summed E-state index contributed by atoms with van der Waals surface area (Å²) in [6.07, 6.45) is 1.50. The molecule has 3 aromatic carbocycles. The topological polar surface area (TPSA) is 115 Å². The van der Waals surface area contributed by atoms with Gasteiger partial charge in [0.2, 0.25) is 11.0 Å². The molecule has 200 valence electrons. The maximum absolute atomic E-state index is 12.3. The molecule has 0 fully saturated rings. The molecule has 2 amide bonds. The Labute approximate surface area is 234 Å². The molecule has 9 nitrogen and oxygen atoms in total. The number of ether oxygens (including phenoxy) is 2. The molecule has 4 aromatic rings. The number of methoxy groups -OCH3 is 1. The van der Waals surface area contributed by atoms with Crippen molar-refractivity contribution in [2.75, 3.05) is 24.8 Å². The van der Waals surface area contributed by atoms with Gasteiger partial charge in [0.15, 0.2) is 11.5 Å². The van der Waals surface area contributed by atoms with Crippen molar-refractivity contribution in [1.29, 1.82) is 0 Å². The molecule has 0 aliphatic heterocycles. The van der Waals surface area contributed by atoms with Gasteiger partial charge in [-0.2, -0.15) is 5.10 Å². The Morgan fingerprint density at radius 3 is 2.59 bits per heavy atom. The summed E-state index contributed by atoms with van der Waals surface area (Å²) in [4.78, 5) is 25.7. The first-order chi connectivity index (χ1) is 19.0. The van der Waals surface area contributed by atoms with Gasteiger partial charge < -0.3 is 9.47 Å². The fourth-order valence-electron chi connectivity index (χ4n) is 3.32. The van der Waals surface area contributed by atoms with E-state index < -0.39 is 0 Å². The SMILES string of the molecule is COc1cc(C=NNC(=O)Cc2nnc(NC(=O)c3ccccc3)s2)ccc1OCCSc1ccc(C)cc1. The van der Waals surface area contributed by atoms with Crippen molar-refractivity contribution in [3.8, 4) is 11.5 Å². The summed E-state index contributed by atoms with van der Waals surface area (Å²) >= 11 is 2.86. The minimum absolute atomic E-state index is 0.0209. The Bertz CT molecular complexity index is 1430. The summed E-state index contributed by atoms with van der Waals surface area (Å²) in [5, 5.41) is 15.4. The van der Waals surface area contributed by atoms with Gasteiger partial charge in [0, 0.05) is 16.2 Å². The molecule has 1 aromatic heterocycles. The second kappa shape index (κ2) is 14.1. The lowest BCUT2D eigenvalue weighted by Crippen LogP contribution is -2.19. The lowest BCUT2D eigenvalue weighted by atomic mass is 10.2.